The van der Waals surface area contributed by atoms with Gasteiger partial charge in [0.25, 0.3) is 0 Å². The van der Waals surface area contributed by atoms with Crippen molar-refractivity contribution in [3.05, 3.63) is 22.7 Å². The minimum absolute atomic E-state index is 0.0123. The number of nitrogens with zero attached hydrogens (tertiary/aromatic N) is 1. The summed E-state index contributed by atoms with van der Waals surface area (Å²) in [7, 11) is 0. The summed E-state index contributed by atoms with van der Waals surface area (Å²) in [5, 5.41) is 0.502. The maximum Gasteiger partial charge on any atom is 0.191 e. The van der Waals surface area contributed by atoms with E-state index in [9.17, 15) is 0 Å². The fourth-order valence-corrected chi connectivity index (χ4v) is 1.38. The number of nitrogens with two attached hydrogens (primary N) is 2. The van der Waals surface area contributed by atoms with Crippen LogP contribution in [0.4, 0.5) is 5.69 Å². The van der Waals surface area contributed by atoms with Crippen molar-refractivity contribution in [1.82, 2.24) is 0 Å². The molecule has 0 saturated carbocycles. The third-order valence-electron chi connectivity index (χ3n) is 1.80. The Balaban J connectivity index is 3.13. The maximum atomic E-state index is 5.99. The molecule has 0 bridgehead atoms. The smallest absolute Gasteiger partial charge is 0.191 e. The van der Waals surface area contributed by atoms with Gasteiger partial charge in [-0.3, -0.25) is 0 Å². The number of hydrogen-bond acceptors (Lipinski definition) is 2. The lowest BCUT2D eigenvalue weighted by Gasteiger charge is -2.08. The first kappa shape index (κ1) is 11.7. The molecule has 0 radical (unpaired) electrons. The van der Waals surface area contributed by atoms with E-state index in [0.717, 1.165) is 5.56 Å². The third-order valence-corrected chi connectivity index (χ3v) is 2.10. The summed E-state index contributed by atoms with van der Waals surface area (Å²) in [5.41, 5.74) is 12.2. The van der Waals surface area contributed by atoms with Crippen LogP contribution in [0.15, 0.2) is 17.1 Å². The Bertz CT molecular complexity index is 386. The molecule has 1 aromatic carbocycles. The number of rotatable bonds is 3. The van der Waals surface area contributed by atoms with Crippen LogP contribution in [0, 0.1) is 6.92 Å². The molecule has 0 aliphatic carbocycles. The van der Waals surface area contributed by atoms with Gasteiger partial charge in [-0.25, -0.2) is 4.99 Å². The normalized spacial score (nSPS) is 9.80. The lowest BCUT2D eigenvalue weighted by Crippen LogP contribution is -2.22. The molecule has 15 heavy (non-hydrogen) atoms. The average Bonchev–Trinajstić information content (AvgIpc) is 2.13. The molecule has 0 aromatic heterocycles. The molecule has 0 aliphatic heterocycles. The Morgan fingerprint density at radius 2 is 2.13 bits per heavy atom. The minimum atomic E-state index is 0.0123. The summed E-state index contributed by atoms with van der Waals surface area (Å²) in [6.45, 7) is 4.36. The minimum Gasteiger partial charge on any atom is -0.492 e. The van der Waals surface area contributed by atoms with Crippen molar-refractivity contribution in [1.29, 1.82) is 0 Å². The van der Waals surface area contributed by atoms with E-state index < -0.39 is 0 Å². The van der Waals surface area contributed by atoms with Crippen LogP contribution in [0.2, 0.25) is 5.02 Å². The zero-order chi connectivity index (χ0) is 11.4. The number of benzene rings is 1. The van der Waals surface area contributed by atoms with Gasteiger partial charge in [0.2, 0.25) is 0 Å². The van der Waals surface area contributed by atoms with Gasteiger partial charge in [-0.05, 0) is 31.5 Å². The highest BCUT2D eigenvalue weighted by atomic mass is 35.5. The molecule has 1 rings (SSSR count). The van der Waals surface area contributed by atoms with Crippen molar-refractivity contribution < 1.29 is 4.74 Å². The van der Waals surface area contributed by atoms with E-state index >= 15 is 0 Å². The molecule has 0 spiro atoms. The maximum absolute atomic E-state index is 5.99. The van der Waals surface area contributed by atoms with Crippen LogP contribution in [0.3, 0.4) is 0 Å². The second-order valence-corrected chi connectivity index (χ2v) is 3.45. The van der Waals surface area contributed by atoms with Gasteiger partial charge in [0, 0.05) is 0 Å². The predicted molar refractivity (Wildman–Crippen MR) is 62.8 cm³/mol. The molecule has 1 aromatic rings. The Labute approximate surface area is 93.9 Å². The van der Waals surface area contributed by atoms with E-state index in [1.165, 1.54) is 0 Å². The Morgan fingerprint density at radius 3 is 2.67 bits per heavy atom. The zero-order valence-corrected chi connectivity index (χ0v) is 9.51. The number of ether oxygens (including phenoxy) is 1. The van der Waals surface area contributed by atoms with E-state index in [1.807, 2.05) is 19.9 Å². The lowest BCUT2D eigenvalue weighted by molar-refractivity contribution is 0.340. The summed E-state index contributed by atoms with van der Waals surface area (Å²) in [5.74, 6) is 0.657. The van der Waals surface area contributed by atoms with Crippen molar-refractivity contribution in [2.24, 2.45) is 16.5 Å². The van der Waals surface area contributed by atoms with Crippen molar-refractivity contribution in [3.63, 3.8) is 0 Å². The predicted octanol–water partition coefficient (Wildman–Crippen LogP) is 1.95. The highest BCUT2D eigenvalue weighted by Crippen LogP contribution is 2.32. The van der Waals surface area contributed by atoms with Gasteiger partial charge in [0.05, 0.1) is 17.3 Å². The second kappa shape index (κ2) is 4.89. The van der Waals surface area contributed by atoms with Crippen molar-refractivity contribution in [3.8, 4) is 5.75 Å². The fraction of sp³-hybridized carbons (Fsp3) is 0.300. The van der Waals surface area contributed by atoms with Crippen molar-refractivity contribution >= 4 is 23.2 Å². The molecule has 0 amide bonds. The standard InChI is InChI=1S/C10H14ClN3O/c1-3-15-9-4-6(2)8(5-7(9)11)14-10(12)13/h4-5H,3H2,1-2H3,(H4,12,13,14). The summed E-state index contributed by atoms with van der Waals surface area (Å²) < 4.78 is 5.33. The molecular formula is C10H14ClN3O. The van der Waals surface area contributed by atoms with Gasteiger partial charge >= 0.3 is 0 Å². The van der Waals surface area contributed by atoms with Crippen molar-refractivity contribution in [2.75, 3.05) is 6.61 Å². The first-order valence-corrected chi connectivity index (χ1v) is 4.95. The molecule has 0 aliphatic rings. The highest BCUT2D eigenvalue weighted by Gasteiger charge is 2.06. The first-order valence-electron chi connectivity index (χ1n) is 4.57. The van der Waals surface area contributed by atoms with E-state index in [2.05, 4.69) is 4.99 Å². The summed E-state index contributed by atoms with van der Waals surface area (Å²) >= 11 is 5.99. The molecule has 0 unspecified atom stereocenters. The molecule has 0 heterocycles. The van der Waals surface area contributed by atoms with Gasteiger partial charge in [0.1, 0.15) is 5.75 Å². The monoisotopic (exact) mass is 227 g/mol. The topological polar surface area (TPSA) is 73.6 Å². The third kappa shape index (κ3) is 3.02. The molecule has 82 valence electrons. The molecule has 5 heteroatoms. The Hall–Kier alpha value is -1.42. The fourth-order valence-electron chi connectivity index (χ4n) is 1.17. The van der Waals surface area contributed by atoms with Crippen LogP contribution in [0.1, 0.15) is 12.5 Å². The Morgan fingerprint density at radius 1 is 1.47 bits per heavy atom. The number of hydrogen-bond donors (Lipinski definition) is 2. The first-order chi connectivity index (χ1) is 7.04. The molecule has 4 nitrogen and oxygen atoms in total. The molecule has 0 fully saturated rings. The van der Waals surface area contributed by atoms with Crippen LogP contribution in [-0.2, 0) is 0 Å². The van der Waals surface area contributed by atoms with Gasteiger partial charge in [0.15, 0.2) is 5.96 Å². The highest BCUT2D eigenvalue weighted by molar-refractivity contribution is 6.32. The number of aliphatic imine (C=N–C) groups is 1. The Kier molecular flexibility index (Phi) is 3.80. The zero-order valence-electron chi connectivity index (χ0n) is 8.75. The summed E-state index contributed by atoms with van der Waals surface area (Å²) in [4.78, 5) is 3.95. The summed E-state index contributed by atoms with van der Waals surface area (Å²) in [6, 6.07) is 3.50. The van der Waals surface area contributed by atoms with Crippen LogP contribution < -0.4 is 16.2 Å². The average molecular weight is 228 g/mol. The van der Waals surface area contributed by atoms with Gasteiger partial charge in [-0.2, -0.15) is 0 Å². The number of guanidine groups is 1. The molecule has 0 saturated heterocycles. The van der Waals surface area contributed by atoms with E-state index in [0.29, 0.717) is 23.1 Å². The SMILES string of the molecule is CCOc1cc(C)c(N=C(N)N)cc1Cl. The van der Waals surface area contributed by atoms with Gasteiger partial charge < -0.3 is 16.2 Å². The van der Waals surface area contributed by atoms with Crippen LogP contribution in [-0.4, -0.2) is 12.6 Å². The van der Waals surface area contributed by atoms with Gasteiger partial charge in [-0.1, -0.05) is 11.6 Å². The van der Waals surface area contributed by atoms with Gasteiger partial charge in [-0.15, -0.1) is 0 Å². The lowest BCUT2D eigenvalue weighted by atomic mass is 10.2. The number of halogens is 1. The van der Waals surface area contributed by atoms with Crippen LogP contribution in [0.25, 0.3) is 0 Å². The van der Waals surface area contributed by atoms with E-state index in [4.69, 9.17) is 27.8 Å². The largest absolute Gasteiger partial charge is 0.492 e. The van der Waals surface area contributed by atoms with Crippen LogP contribution >= 0.6 is 11.6 Å². The second-order valence-electron chi connectivity index (χ2n) is 3.04. The molecule has 4 N–H and O–H groups in total. The summed E-state index contributed by atoms with van der Waals surface area (Å²) in [6.07, 6.45) is 0. The molecule has 0 atom stereocenters. The quantitative estimate of drug-likeness (QED) is 0.612. The van der Waals surface area contributed by atoms with Crippen LogP contribution in [0.5, 0.6) is 5.75 Å². The van der Waals surface area contributed by atoms with Crippen molar-refractivity contribution in [2.45, 2.75) is 13.8 Å². The van der Waals surface area contributed by atoms with E-state index in [1.54, 1.807) is 6.07 Å². The molecular weight excluding hydrogens is 214 g/mol. The van der Waals surface area contributed by atoms with E-state index in [-0.39, 0.29) is 5.96 Å². The number of aryl methyl sites for hydroxylation is 1.